The standard InChI is InChI=1S/C19H25NO/c1-19(13-21-14-19)11-16-9-17-7-8-18(10-16)20(17)12-15-5-3-2-4-6-15/h2-6,9,17-18H,7-8,10-14H2,1H3. The summed E-state index contributed by atoms with van der Waals surface area (Å²) in [5.74, 6) is 0. The molecule has 21 heavy (non-hydrogen) atoms. The monoisotopic (exact) mass is 283 g/mol. The lowest BCUT2D eigenvalue weighted by Crippen LogP contribution is -2.42. The molecule has 0 radical (unpaired) electrons. The average Bonchev–Trinajstić information content (AvgIpc) is 2.70. The van der Waals surface area contributed by atoms with Crippen LogP contribution < -0.4 is 0 Å². The first-order valence-corrected chi connectivity index (χ1v) is 8.29. The summed E-state index contributed by atoms with van der Waals surface area (Å²) in [7, 11) is 0. The van der Waals surface area contributed by atoms with Gasteiger partial charge in [0.1, 0.15) is 0 Å². The molecule has 2 nitrogen and oxygen atoms in total. The molecule has 0 aromatic heterocycles. The van der Waals surface area contributed by atoms with Gasteiger partial charge in [0.25, 0.3) is 0 Å². The second-order valence-corrected chi connectivity index (χ2v) is 7.47. The highest BCUT2D eigenvalue weighted by Gasteiger charge is 2.40. The summed E-state index contributed by atoms with van der Waals surface area (Å²) < 4.78 is 5.41. The molecule has 3 heterocycles. The molecule has 2 heteroatoms. The minimum Gasteiger partial charge on any atom is -0.380 e. The highest BCUT2D eigenvalue weighted by atomic mass is 16.5. The van der Waals surface area contributed by atoms with Gasteiger partial charge in [-0.15, -0.1) is 0 Å². The second kappa shape index (κ2) is 5.26. The maximum atomic E-state index is 5.41. The van der Waals surface area contributed by atoms with E-state index in [0.717, 1.165) is 25.8 Å². The number of rotatable bonds is 4. The van der Waals surface area contributed by atoms with Crippen molar-refractivity contribution < 1.29 is 4.74 Å². The maximum absolute atomic E-state index is 5.41. The molecule has 2 unspecified atom stereocenters. The van der Waals surface area contributed by atoms with Crippen LogP contribution in [0.4, 0.5) is 0 Å². The van der Waals surface area contributed by atoms with E-state index in [0.29, 0.717) is 11.5 Å². The van der Waals surface area contributed by atoms with Crippen LogP contribution in [0, 0.1) is 5.41 Å². The van der Waals surface area contributed by atoms with Crippen molar-refractivity contribution in [3.05, 3.63) is 47.5 Å². The normalized spacial score (nSPS) is 30.8. The van der Waals surface area contributed by atoms with Crippen molar-refractivity contribution in [2.24, 2.45) is 5.41 Å². The third-order valence-electron chi connectivity index (χ3n) is 5.38. The van der Waals surface area contributed by atoms with E-state index in [1.165, 1.54) is 31.2 Å². The van der Waals surface area contributed by atoms with Gasteiger partial charge in [-0.25, -0.2) is 0 Å². The Morgan fingerprint density at radius 1 is 1.19 bits per heavy atom. The molecule has 4 rings (SSSR count). The summed E-state index contributed by atoms with van der Waals surface area (Å²) >= 11 is 0. The van der Waals surface area contributed by atoms with Gasteiger partial charge in [-0.2, -0.15) is 0 Å². The fourth-order valence-corrected chi connectivity index (χ4v) is 4.28. The predicted molar refractivity (Wildman–Crippen MR) is 85.0 cm³/mol. The Hall–Kier alpha value is -1.12. The Balaban J connectivity index is 1.46. The van der Waals surface area contributed by atoms with Crippen LogP contribution in [-0.4, -0.2) is 30.2 Å². The topological polar surface area (TPSA) is 12.5 Å². The second-order valence-electron chi connectivity index (χ2n) is 7.47. The molecule has 112 valence electrons. The molecule has 2 fully saturated rings. The molecule has 0 aliphatic carbocycles. The largest absolute Gasteiger partial charge is 0.380 e. The summed E-state index contributed by atoms with van der Waals surface area (Å²) in [5, 5.41) is 0. The molecule has 3 aliphatic rings. The molecule has 0 N–H and O–H groups in total. The first kappa shape index (κ1) is 13.5. The van der Waals surface area contributed by atoms with E-state index in [1.54, 1.807) is 5.57 Å². The number of hydrogen-bond acceptors (Lipinski definition) is 2. The van der Waals surface area contributed by atoms with Crippen LogP contribution in [0.2, 0.25) is 0 Å². The Morgan fingerprint density at radius 3 is 2.67 bits per heavy atom. The molecule has 1 aromatic rings. The van der Waals surface area contributed by atoms with E-state index in [-0.39, 0.29) is 0 Å². The van der Waals surface area contributed by atoms with Gasteiger partial charge in [0.15, 0.2) is 0 Å². The molecule has 3 aliphatic heterocycles. The van der Waals surface area contributed by atoms with Gasteiger partial charge in [-0.3, -0.25) is 4.90 Å². The summed E-state index contributed by atoms with van der Waals surface area (Å²) in [6, 6.07) is 12.4. The fraction of sp³-hybridized carbons (Fsp3) is 0.579. The molecule has 2 atom stereocenters. The highest BCUT2D eigenvalue weighted by Crippen LogP contribution is 2.41. The van der Waals surface area contributed by atoms with Gasteiger partial charge in [0.05, 0.1) is 13.2 Å². The van der Waals surface area contributed by atoms with Gasteiger partial charge in [0, 0.05) is 24.0 Å². The lowest BCUT2D eigenvalue weighted by Gasteiger charge is -2.41. The zero-order valence-corrected chi connectivity index (χ0v) is 12.9. The lowest BCUT2D eigenvalue weighted by atomic mass is 9.79. The van der Waals surface area contributed by atoms with Crippen LogP contribution in [0.25, 0.3) is 0 Å². The number of benzene rings is 1. The fourth-order valence-electron chi connectivity index (χ4n) is 4.28. The minimum absolute atomic E-state index is 0.423. The van der Waals surface area contributed by atoms with Gasteiger partial charge in [0.2, 0.25) is 0 Å². The molecule has 0 saturated carbocycles. The predicted octanol–water partition coefficient (Wildman–Crippen LogP) is 3.78. The molecule has 0 amide bonds. The van der Waals surface area contributed by atoms with E-state index < -0.39 is 0 Å². The molecule has 2 saturated heterocycles. The zero-order chi connectivity index (χ0) is 14.3. The van der Waals surface area contributed by atoms with Crippen LogP contribution in [0.15, 0.2) is 42.0 Å². The summed E-state index contributed by atoms with van der Waals surface area (Å²) in [4.78, 5) is 2.72. The molecular weight excluding hydrogens is 258 g/mol. The van der Waals surface area contributed by atoms with Crippen molar-refractivity contribution in [3.8, 4) is 0 Å². The van der Waals surface area contributed by atoms with Crippen molar-refractivity contribution in [1.82, 2.24) is 4.90 Å². The summed E-state index contributed by atoms with van der Waals surface area (Å²) in [6.45, 7) is 5.39. The summed E-state index contributed by atoms with van der Waals surface area (Å²) in [6.07, 6.45) is 7.81. The van der Waals surface area contributed by atoms with Crippen molar-refractivity contribution >= 4 is 0 Å². The van der Waals surface area contributed by atoms with Crippen LogP contribution in [0.1, 0.15) is 38.2 Å². The van der Waals surface area contributed by atoms with E-state index in [9.17, 15) is 0 Å². The number of ether oxygens (including phenoxy) is 1. The molecule has 2 bridgehead atoms. The van der Waals surface area contributed by atoms with Crippen molar-refractivity contribution in [2.75, 3.05) is 13.2 Å². The smallest absolute Gasteiger partial charge is 0.0545 e. The Morgan fingerprint density at radius 2 is 2.00 bits per heavy atom. The number of fused-ring (bicyclic) bond motifs is 2. The number of hydrogen-bond donors (Lipinski definition) is 0. The van der Waals surface area contributed by atoms with Gasteiger partial charge < -0.3 is 4.74 Å². The first-order valence-electron chi connectivity index (χ1n) is 8.29. The van der Waals surface area contributed by atoms with Crippen molar-refractivity contribution in [1.29, 1.82) is 0 Å². The molecule has 0 spiro atoms. The van der Waals surface area contributed by atoms with Gasteiger partial charge >= 0.3 is 0 Å². The maximum Gasteiger partial charge on any atom is 0.0545 e. The number of nitrogens with zero attached hydrogens (tertiary/aromatic N) is 1. The van der Waals surface area contributed by atoms with E-state index in [1.807, 2.05) is 0 Å². The SMILES string of the molecule is CC1(CC2=CC3CCC(C2)N3Cc2ccccc2)COC1. The van der Waals surface area contributed by atoms with Crippen LogP contribution in [0.3, 0.4) is 0 Å². The van der Waals surface area contributed by atoms with Crippen LogP contribution in [-0.2, 0) is 11.3 Å². The quantitative estimate of drug-likeness (QED) is 0.780. The Bertz CT molecular complexity index is 532. The van der Waals surface area contributed by atoms with E-state index >= 15 is 0 Å². The van der Waals surface area contributed by atoms with Crippen LogP contribution in [0.5, 0.6) is 0 Å². The summed E-state index contributed by atoms with van der Waals surface area (Å²) in [5.41, 5.74) is 3.57. The third-order valence-corrected chi connectivity index (χ3v) is 5.38. The van der Waals surface area contributed by atoms with E-state index in [2.05, 4.69) is 48.2 Å². The molecular formula is C19H25NO. The lowest BCUT2D eigenvalue weighted by molar-refractivity contribution is -0.101. The average molecular weight is 283 g/mol. The highest BCUT2D eigenvalue weighted by molar-refractivity contribution is 5.22. The Kier molecular flexibility index (Phi) is 3.39. The van der Waals surface area contributed by atoms with Crippen molar-refractivity contribution in [3.63, 3.8) is 0 Å². The van der Waals surface area contributed by atoms with Crippen molar-refractivity contribution in [2.45, 2.75) is 51.2 Å². The molecule has 1 aromatic carbocycles. The van der Waals surface area contributed by atoms with Gasteiger partial charge in [-0.1, -0.05) is 48.9 Å². The zero-order valence-electron chi connectivity index (χ0n) is 12.9. The third kappa shape index (κ3) is 2.67. The Labute approximate surface area is 127 Å². The minimum atomic E-state index is 0.423. The van der Waals surface area contributed by atoms with Gasteiger partial charge in [-0.05, 0) is 31.2 Å². The van der Waals surface area contributed by atoms with E-state index in [4.69, 9.17) is 4.74 Å². The first-order chi connectivity index (χ1) is 10.2. The van der Waals surface area contributed by atoms with Crippen LogP contribution >= 0.6 is 0 Å².